The van der Waals surface area contributed by atoms with Gasteiger partial charge in [-0.25, -0.2) is 4.98 Å². The second-order valence-electron chi connectivity index (χ2n) is 7.60. The molecule has 0 spiro atoms. The summed E-state index contributed by atoms with van der Waals surface area (Å²) in [6.07, 6.45) is 0. The molecule has 3 rings (SSSR count). The van der Waals surface area contributed by atoms with Crippen molar-refractivity contribution in [2.24, 2.45) is 5.92 Å². The van der Waals surface area contributed by atoms with Gasteiger partial charge in [0.25, 0.3) is 0 Å². The Balaban J connectivity index is 1.66. The van der Waals surface area contributed by atoms with Gasteiger partial charge < -0.3 is 9.88 Å². The minimum Gasteiger partial charge on any atom is -0.337 e. The number of nitrogens with one attached hydrogen (secondary N) is 1. The number of nitrogens with zero attached hydrogens (tertiary/aromatic N) is 5. The quantitative estimate of drug-likeness (QED) is 0.448. The largest absolute Gasteiger partial charge is 0.337 e. The molecule has 0 saturated heterocycles. The average Bonchev–Trinajstić information content (AvgIpc) is 3.34. The molecule has 0 aliphatic heterocycles. The number of thioether (sulfide) groups is 2. The lowest BCUT2D eigenvalue weighted by Crippen LogP contribution is -2.51. The fourth-order valence-electron chi connectivity index (χ4n) is 2.74. The smallest absolute Gasteiger partial charge is 0.234 e. The number of carbonyl (C=O) groups is 1. The Bertz CT molecular complexity index is 1070. The molecule has 0 saturated carbocycles. The van der Waals surface area contributed by atoms with Crippen molar-refractivity contribution >= 4 is 51.0 Å². The van der Waals surface area contributed by atoms with Crippen molar-refractivity contribution in [2.45, 2.75) is 67.2 Å². The predicted molar refractivity (Wildman–Crippen MR) is 127 cm³/mol. The van der Waals surface area contributed by atoms with Gasteiger partial charge in [0.1, 0.15) is 11.4 Å². The van der Waals surface area contributed by atoms with Gasteiger partial charge in [0.05, 0.1) is 27.3 Å². The monoisotopic (exact) mass is 474 g/mol. The van der Waals surface area contributed by atoms with E-state index in [-0.39, 0.29) is 11.8 Å². The third-order valence-corrected chi connectivity index (χ3v) is 8.39. The fourth-order valence-corrected chi connectivity index (χ4v) is 5.68. The van der Waals surface area contributed by atoms with Crippen LogP contribution >= 0.6 is 34.9 Å². The molecule has 10 heteroatoms. The molecule has 31 heavy (non-hydrogen) atoms. The number of nitriles is 1. The van der Waals surface area contributed by atoms with Crippen LogP contribution in [0.25, 0.3) is 10.2 Å². The number of amides is 1. The highest BCUT2D eigenvalue weighted by atomic mass is 32.2. The zero-order valence-corrected chi connectivity index (χ0v) is 20.7. The molecule has 2 unspecified atom stereocenters. The van der Waals surface area contributed by atoms with Gasteiger partial charge in [0.15, 0.2) is 9.50 Å². The molecule has 0 bridgehead atoms. The summed E-state index contributed by atoms with van der Waals surface area (Å²) in [6.45, 7) is 10.2. The van der Waals surface area contributed by atoms with Gasteiger partial charge in [-0.05, 0) is 38.8 Å². The van der Waals surface area contributed by atoms with E-state index in [1.807, 2.05) is 50.5 Å². The van der Waals surface area contributed by atoms with E-state index in [0.29, 0.717) is 17.5 Å². The second kappa shape index (κ2) is 10.0. The number of para-hydroxylation sites is 1. The molecule has 2 aromatic heterocycles. The molecule has 1 N–H and O–H groups in total. The molecule has 3 aromatic rings. The molecule has 0 aliphatic rings. The molecule has 1 amide bonds. The number of benzene rings is 1. The van der Waals surface area contributed by atoms with Crippen LogP contribution in [0.15, 0.2) is 33.8 Å². The molecular formula is C21H26N6OS3. The third-order valence-electron chi connectivity index (χ3n) is 5.13. The first kappa shape index (κ1) is 23.6. The van der Waals surface area contributed by atoms with Crippen LogP contribution in [-0.4, -0.2) is 36.4 Å². The normalized spacial score (nSPS) is 14.4. The first-order chi connectivity index (χ1) is 14.8. The molecule has 1 aromatic carbocycles. The summed E-state index contributed by atoms with van der Waals surface area (Å²) >= 11 is 4.67. The first-order valence-corrected chi connectivity index (χ1v) is 12.8. The number of hydrogen-bond acceptors (Lipinski definition) is 8. The molecular weight excluding hydrogens is 448 g/mol. The van der Waals surface area contributed by atoms with Crippen molar-refractivity contribution in [1.29, 1.82) is 5.26 Å². The van der Waals surface area contributed by atoms with Crippen molar-refractivity contribution in [3.8, 4) is 6.07 Å². The van der Waals surface area contributed by atoms with Crippen LogP contribution in [0.5, 0.6) is 0 Å². The summed E-state index contributed by atoms with van der Waals surface area (Å²) in [4.78, 5) is 17.3. The van der Waals surface area contributed by atoms with Crippen LogP contribution in [0.4, 0.5) is 0 Å². The summed E-state index contributed by atoms with van der Waals surface area (Å²) in [5.74, 6) is 1.33. The van der Waals surface area contributed by atoms with Crippen LogP contribution < -0.4 is 5.32 Å². The lowest BCUT2D eigenvalue weighted by Gasteiger charge is -2.28. The molecule has 0 fully saturated rings. The van der Waals surface area contributed by atoms with Gasteiger partial charge >= 0.3 is 0 Å². The van der Waals surface area contributed by atoms with Gasteiger partial charge in [0, 0.05) is 6.54 Å². The van der Waals surface area contributed by atoms with Crippen molar-refractivity contribution in [1.82, 2.24) is 25.1 Å². The number of carbonyl (C=O) groups excluding carboxylic acids is 1. The van der Waals surface area contributed by atoms with Crippen LogP contribution in [0.2, 0.25) is 0 Å². The predicted octanol–water partition coefficient (Wildman–Crippen LogP) is 4.74. The molecule has 164 valence electrons. The maximum atomic E-state index is 12.7. The Hall–Kier alpha value is -2.09. The minimum absolute atomic E-state index is 0.00378. The summed E-state index contributed by atoms with van der Waals surface area (Å²) in [5.41, 5.74) is 0.109. The van der Waals surface area contributed by atoms with Gasteiger partial charge in [0.2, 0.25) is 5.91 Å². The summed E-state index contributed by atoms with van der Waals surface area (Å²) in [6, 6.07) is 10.3. The lowest BCUT2D eigenvalue weighted by molar-refractivity contribution is -0.121. The maximum Gasteiger partial charge on any atom is 0.234 e. The minimum atomic E-state index is -0.899. The first-order valence-electron chi connectivity index (χ1n) is 10.1. The van der Waals surface area contributed by atoms with Gasteiger partial charge in [-0.2, -0.15) is 5.26 Å². The highest BCUT2D eigenvalue weighted by Gasteiger charge is 2.32. The Morgan fingerprint density at radius 2 is 2.06 bits per heavy atom. The molecule has 0 aliphatic carbocycles. The molecule has 0 radical (unpaired) electrons. The SMILES string of the molecule is CCn1c(CSc2nc3ccccc3s2)nnc1SC(C)C(=O)NC(C)(C#N)C(C)C. The maximum absolute atomic E-state index is 12.7. The van der Waals surface area contributed by atoms with E-state index in [2.05, 4.69) is 32.6 Å². The zero-order valence-electron chi connectivity index (χ0n) is 18.2. The number of aromatic nitrogens is 4. The van der Waals surface area contributed by atoms with Crippen molar-refractivity contribution in [3.63, 3.8) is 0 Å². The lowest BCUT2D eigenvalue weighted by atomic mass is 9.90. The van der Waals surface area contributed by atoms with E-state index < -0.39 is 10.8 Å². The van der Waals surface area contributed by atoms with E-state index in [1.54, 1.807) is 30.0 Å². The van der Waals surface area contributed by atoms with E-state index in [9.17, 15) is 10.1 Å². The molecule has 2 atom stereocenters. The average molecular weight is 475 g/mol. The fraction of sp³-hybridized carbons (Fsp3) is 0.476. The Kier molecular flexibility index (Phi) is 7.62. The number of thiazole rings is 1. The topological polar surface area (TPSA) is 96.5 Å². The second-order valence-corrected chi connectivity index (χ2v) is 11.2. The Labute approximate surface area is 195 Å². The Morgan fingerprint density at radius 1 is 1.32 bits per heavy atom. The standard InChI is InChI=1S/C21H26N6OS3/c1-6-27-17(11-29-20-23-15-9-7-8-10-16(15)31-20)25-26-19(27)30-14(4)18(28)24-21(5,12-22)13(2)3/h7-10,13-14H,6,11H2,1-5H3,(H,24,28). The highest BCUT2D eigenvalue weighted by molar-refractivity contribution is 8.00. The van der Waals surface area contributed by atoms with Crippen LogP contribution in [0, 0.1) is 17.2 Å². The van der Waals surface area contributed by atoms with Crippen LogP contribution in [0.1, 0.15) is 40.4 Å². The van der Waals surface area contributed by atoms with E-state index in [0.717, 1.165) is 15.7 Å². The summed E-state index contributed by atoms with van der Waals surface area (Å²) < 4.78 is 4.20. The summed E-state index contributed by atoms with van der Waals surface area (Å²) in [7, 11) is 0. The van der Waals surface area contributed by atoms with E-state index >= 15 is 0 Å². The highest BCUT2D eigenvalue weighted by Crippen LogP contribution is 2.32. The number of hydrogen-bond donors (Lipinski definition) is 1. The zero-order chi connectivity index (χ0) is 22.6. The van der Waals surface area contributed by atoms with Gasteiger partial charge in [-0.15, -0.1) is 21.5 Å². The van der Waals surface area contributed by atoms with Gasteiger partial charge in [-0.1, -0.05) is 49.5 Å². The van der Waals surface area contributed by atoms with Crippen LogP contribution in [-0.2, 0) is 17.1 Å². The Morgan fingerprint density at radius 3 is 2.71 bits per heavy atom. The molecule has 7 nitrogen and oxygen atoms in total. The van der Waals surface area contributed by atoms with E-state index in [4.69, 9.17) is 0 Å². The van der Waals surface area contributed by atoms with Crippen molar-refractivity contribution in [2.75, 3.05) is 0 Å². The van der Waals surface area contributed by atoms with Crippen molar-refractivity contribution < 1.29 is 4.79 Å². The van der Waals surface area contributed by atoms with Gasteiger partial charge in [-0.3, -0.25) is 4.79 Å². The summed E-state index contributed by atoms with van der Waals surface area (Å²) in [5, 5.41) is 21.3. The van der Waals surface area contributed by atoms with Crippen LogP contribution in [0.3, 0.4) is 0 Å². The third kappa shape index (κ3) is 5.40. The molecule has 2 heterocycles. The van der Waals surface area contributed by atoms with E-state index in [1.165, 1.54) is 16.5 Å². The number of rotatable bonds is 9. The van der Waals surface area contributed by atoms with Crippen molar-refractivity contribution in [3.05, 3.63) is 30.1 Å². The number of fused-ring (bicyclic) bond motifs is 1.